The first-order chi connectivity index (χ1) is 8.58. The SMILES string of the molecule is Cc1ccccc1CCn1cc(Br)cc1C(=O)O. The second-order valence-corrected chi connectivity index (χ2v) is 5.13. The van der Waals surface area contributed by atoms with E-state index in [9.17, 15) is 4.79 Å². The first-order valence-electron chi connectivity index (χ1n) is 5.71. The van der Waals surface area contributed by atoms with Gasteiger partial charge in [-0.2, -0.15) is 0 Å². The number of aromatic nitrogens is 1. The van der Waals surface area contributed by atoms with Crippen molar-refractivity contribution in [3.63, 3.8) is 0 Å². The van der Waals surface area contributed by atoms with Crippen LogP contribution in [0.1, 0.15) is 21.6 Å². The van der Waals surface area contributed by atoms with E-state index in [0.29, 0.717) is 12.2 Å². The highest BCUT2D eigenvalue weighted by molar-refractivity contribution is 9.10. The number of hydrogen-bond acceptors (Lipinski definition) is 1. The van der Waals surface area contributed by atoms with Crippen LogP contribution >= 0.6 is 15.9 Å². The van der Waals surface area contributed by atoms with Gasteiger partial charge in [0.25, 0.3) is 0 Å². The van der Waals surface area contributed by atoms with Crippen LogP contribution in [0.3, 0.4) is 0 Å². The monoisotopic (exact) mass is 307 g/mol. The summed E-state index contributed by atoms with van der Waals surface area (Å²) in [7, 11) is 0. The van der Waals surface area contributed by atoms with Gasteiger partial charge in [0, 0.05) is 17.2 Å². The number of rotatable bonds is 4. The lowest BCUT2D eigenvalue weighted by atomic mass is 10.1. The lowest BCUT2D eigenvalue weighted by Crippen LogP contribution is -2.09. The third kappa shape index (κ3) is 2.82. The molecule has 0 saturated carbocycles. The van der Waals surface area contributed by atoms with Crippen LogP contribution in [-0.4, -0.2) is 15.6 Å². The van der Waals surface area contributed by atoms with E-state index in [2.05, 4.69) is 35.0 Å². The minimum Gasteiger partial charge on any atom is -0.477 e. The molecule has 0 radical (unpaired) electrons. The number of carboxylic acids is 1. The molecule has 0 aliphatic rings. The highest BCUT2D eigenvalue weighted by Gasteiger charge is 2.11. The van der Waals surface area contributed by atoms with Gasteiger partial charge in [0.05, 0.1) is 0 Å². The molecule has 2 rings (SSSR count). The smallest absolute Gasteiger partial charge is 0.352 e. The maximum absolute atomic E-state index is 11.1. The van der Waals surface area contributed by atoms with Crippen LogP contribution in [0.2, 0.25) is 0 Å². The van der Waals surface area contributed by atoms with E-state index in [-0.39, 0.29) is 0 Å². The first-order valence-corrected chi connectivity index (χ1v) is 6.50. The molecule has 2 aromatic rings. The molecule has 0 bridgehead atoms. The Labute approximate surface area is 114 Å². The van der Waals surface area contributed by atoms with Crippen LogP contribution in [0.5, 0.6) is 0 Å². The zero-order valence-corrected chi connectivity index (χ0v) is 11.6. The van der Waals surface area contributed by atoms with E-state index >= 15 is 0 Å². The molecule has 0 spiro atoms. The Morgan fingerprint density at radius 1 is 1.39 bits per heavy atom. The summed E-state index contributed by atoms with van der Waals surface area (Å²) in [6.45, 7) is 2.73. The van der Waals surface area contributed by atoms with Gasteiger partial charge in [-0.1, -0.05) is 24.3 Å². The zero-order chi connectivity index (χ0) is 13.1. The summed E-state index contributed by atoms with van der Waals surface area (Å²) in [6.07, 6.45) is 2.63. The van der Waals surface area contributed by atoms with Gasteiger partial charge in [-0.3, -0.25) is 0 Å². The third-order valence-corrected chi connectivity index (χ3v) is 3.40. The van der Waals surface area contributed by atoms with Crippen molar-refractivity contribution in [2.24, 2.45) is 0 Å². The van der Waals surface area contributed by atoms with Crippen molar-refractivity contribution in [1.29, 1.82) is 0 Å². The molecular weight excluding hydrogens is 294 g/mol. The van der Waals surface area contributed by atoms with Gasteiger partial charge in [-0.05, 0) is 46.5 Å². The van der Waals surface area contributed by atoms with Gasteiger partial charge >= 0.3 is 5.97 Å². The fourth-order valence-corrected chi connectivity index (χ4v) is 2.43. The van der Waals surface area contributed by atoms with Crippen molar-refractivity contribution < 1.29 is 9.90 Å². The molecule has 94 valence electrons. The summed E-state index contributed by atoms with van der Waals surface area (Å²) >= 11 is 3.31. The number of hydrogen-bond donors (Lipinski definition) is 1. The fraction of sp³-hybridized carbons (Fsp3) is 0.214. The predicted octanol–water partition coefficient (Wildman–Crippen LogP) is 3.50. The average Bonchev–Trinajstić information content (AvgIpc) is 2.70. The van der Waals surface area contributed by atoms with Crippen LogP contribution in [0, 0.1) is 6.92 Å². The molecule has 0 aliphatic heterocycles. The third-order valence-electron chi connectivity index (χ3n) is 2.97. The van der Waals surface area contributed by atoms with Crippen molar-refractivity contribution >= 4 is 21.9 Å². The molecule has 3 nitrogen and oxygen atoms in total. The summed E-state index contributed by atoms with van der Waals surface area (Å²) in [4.78, 5) is 11.1. The molecule has 4 heteroatoms. The summed E-state index contributed by atoms with van der Waals surface area (Å²) < 4.78 is 2.56. The van der Waals surface area contributed by atoms with E-state index in [0.717, 1.165) is 10.9 Å². The number of carbonyl (C=O) groups is 1. The second-order valence-electron chi connectivity index (χ2n) is 4.22. The van der Waals surface area contributed by atoms with Crippen LogP contribution in [0.25, 0.3) is 0 Å². The van der Waals surface area contributed by atoms with Gasteiger partial charge in [0.2, 0.25) is 0 Å². The Morgan fingerprint density at radius 2 is 2.11 bits per heavy atom. The van der Waals surface area contributed by atoms with E-state index < -0.39 is 5.97 Å². The largest absolute Gasteiger partial charge is 0.477 e. The van der Waals surface area contributed by atoms with Crippen molar-refractivity contribution in [3.05, 3.63) is 57.8 Å². The van der Waals surface area contributed by atoms with Crippen LogP contribution in [-0.2, 0) is 13.0 Å². The normalized spacial score (nSPS) is 10.6. The highest BCUT2D eigenvalue weighted by Crippen LogP contribution is 2.16. The van der Waals surface area contributed by atoms with Crippen molar-refractivity contribution in [2.45, 2.75) is 19.9 Å². The molecule has 1 heterocycles. The minimum absolute atomic E-state index is 0.315. The predicted molar refractivity (Wildman–Crippen MR) is 74.0 cm³/mol. The lowest BCUT2D eigenvalue weighted by Gasteiger charge is -2.08. The summed E-state index contributed by atoms with van der Waals surface area (Å²) in [5.41, 5.74) is 2.80. The molecule has 1 N–H and O–H groups in total. The quantitative estimate of drug-likeness (QED) is 0.939. The molecule has 1 aromatic heterocycles. The topological polar surface area (TPSA) is 42.2 Å². The van der Waals surface area contributed by atoms with Crippen LogP contribution in [0.15, 0.2) is 41.0 Å². The number of aromatic carboxylic acids is 1. The molecule has 0 amide bonds. The number of nitrogens with zero attached hydrogens (tertiary/aromatic N) is 1. The van der Waals surface area contributed by atoms with Crippen molar-refractivity contribution in [2.75, 3.05) is 0 Å². The number of benzene rings is 1. The molecule has 0 saturated heterocycles. The van der Waals surface area contributed by atoms with Gasteiger partial charge in [-0.25, -0.2) is 4.79 Å². The van der Waals surface area contributed by atoms with Gasteiger partial charge in [-0.15, -0.1) is 0 Å². The Balaban J connectivity index is 2.16. The Kier molecular flexibility index (Phi) is 3.87. The molecule has 0 atom stereocenters. The highest BCUT2D eigenvalue weighted by atomic mass is 79.9. The van der Waals surface area contributed by atoms with Crippen molar-refractivity contribution in [3.8, 4) is 0 Å². The number of carboxylic acid groups (broad SMARTS) is 1. The summed E-state index contributed by atoms with van der Waals surface area (Å²) in [5, 5.41) is 9.09. The zero-order valence-electron chi connectivity index (χ0n) is 10.1. The number of halogens is 1. The molecule has 18 heavy (non-hydrogen) atoms. The van der Waals surface area contributed by atoms with E-state index in [4.69, 9.17) is 5.11 Å². The molecule has 0 fully saturated rings. The minimum atomic E-state index is -0.898. The van der Waals surface area contributed by atoms with Gasteiger partial charge in [0.15, 0.2) is 0 Å². The Morgan fingerprint density at radius 3 is 2.78 bits per heavy atom. The molecule has 0 aliphatic carbocycles. The first kappa shape index (κ1) is 12.9. The molecular formula is C14H14BrNO2. The van der Waals surface area contributed by atoms with Crippen molar-refractivity contribution in [1.82, 2.24) is 4.57 Å². The van der Waals surface area contributed by atoms with E-state index in [1.54, 1.807) is 10.6 Å². The van der Waals surface area contributed by atoms with Gasteiger partial charge < -0.3 is 9.67 Å². The lowest BCUT2D eigenvalue weighted by molar-refractivity contribution is 0.0685. The summed E-state index contributed by atoms with van der Waals surface area (Å²) in [5.74, 6) is -0.898. The Bertz CT molecular complexity index is 575. The van der Waals surface area contributed by atoms with E-state index in [1.165, 1.54) is 11.1 Å². The molecule has 0 unspecified atom stereocenters. The second kappa shape index (κ2) is 5.40. The van der Waals surface area contributed by atoms with Gasteiger partial charge in [0.1, 0.15) is 5.69 Å². The van der Waals surface area contributed by atoms with E-state index in [1.807, 2.05) is 18.3 Å². The fourth-order valence-electron chi connectivity index (χ4n) is 1.97. The average molecular weight is 308 g/mol. The maximum atomic E-state index is 11.1. The molecule has 1 aromatic carbocycles. The Hall–Kier alpha value is -1.55. The van der Waals surface area contributed by atoms with Crippen LogP contribution < -0.4 is 0 Å². The standard InChI is InChI=1S/C14H14BrNO2/c1-10-4-2-3-5-11(10)6-7-16-9-12(15)8-13(16)14(17)18/h2-5,8-9H,6-7H2,1H3,(H,17,18). The maximum Gasteiger partial charge on any atom is 0.352 e. The van der Waals surface area contributed by atoms with Crippen LogP contribution in [0.4, 0.5) is 0 Å². The summed E-state index contributed by atoms with van der Waals surface area (Å²) in [6, 6.07) is 9.79. The number of aryl methyl sites for hydroxylation is 3.